The zero-order chi connectivity index (χ0) is 12.7. The fraction of sp³-hybridized carbons (Fsp3) is 0.500. The zero-order valence-electron chi connectivity index (χ0n) is 10.5. The minimum Gasteiger partial charge on any atom is -0.385 e. The predicted molar refractivity (Wildman–Crippen MR) is 67.3 cm³/mol. The van der Waals surface area contributed by atoms with Gasteiger partial charge in [-0.15, -0.1) is 0 Å². The molecule has 1 rings (SSSR count). The number of hydrogen-bond acceptors (Lipinski definition) is 4. The van der Waals surface area contributed by atoms with Crippen LogP contribution in [0.2, 0.25) is 0 Å². The highest BCUT2D eigenvalue weighted by Gasteiger charge is 2.07. The summed E-state index contributed by atoms with van der Waals surface area (Å²) in [6.45, 7) is 3.13. The van der Waals surface area contributed by atoms with E-state index in [2.05, 4.69) is 15.6 Å². The summed E-state index contributed by atoms with van der Waals surface area (Å²) in [5, 5.41) is 5.77. The molecule has 1 aromatic heterocycles. The number of methoxy groups -OCH3 is 1. The van der Waals surface area contributed by atoms with Gasteiger partial charge in [0.1, 0.15) is 5.82 Å². The van der Waals surface area contributed by atoms with Crippen LogP contribution < -0.4 is 10.6 Å². The summed E-state index contributed by atoms with van der Waals surface area (Å²) in [5.41, 5.74) is 1.44. The monoisotopic (exact) mass is 237 g/mol. The highest BCUT2D eigenvalue weighted by molar-refractivity contribution is 5.94. The van der Waals surface area contributed by atoms with E-state index in [4.69, 9.17) is 4.74 Å². The first-order chi connectivity index (χ1) is 8.17. The van der Waals surface area contributed by atoms with Gasteiger partial charge in [-0.05, 0) is 25.5 Å². The molecule has 0 atom stereocenters. The largest absolute Gasteiger partial charge is 0.385 e. The molecular formula is C12H19N3O2. The van der Waals surface area contributed by atoms with Crippen LogP contribution in [0.1, 0.15) is 22.5 Å². The Morgan fingerprint density at radius 3 is 2.88 bits per heavy atom. The summed E-state index contributed by atoms with van der Waals surface area (Å²) < 4.78 is 4.91. The summed E-state index contributed by atoms with van der Waals surface area (Å²) >= 11 is 0. The lowest BCUT2D eigenvalue weighted by atomic mass is 10.2. The fourth-order valence-electron chi connectivity index (χ4n) is 1.45. The van der Waals surface area contributed by atoms with Crippen molar-refractivity contribution >= 4 is 11.7 Å². The number of carbonyl (C=O) groups excluding carboxylic acids is 1. The molecule has 0 unspecified atom stereocenters. The summed E-state index contributed by atoms with van der Waals surface area (Å²) in [6, 6.07) is 3.51. The molecule has 1 amide bonds. The van der Waals surface area contributed by atoms with Gasteiger partial charge in [0.15, 0.2) is 0 Å². The molecule has 0 spiro atoms. The molecule has 94 valence electrons. The van der Waals surface area contributed by atoms with Gasteiger partial charge in [-0.2, -0.15) is 0 Å². The summed E-state index contributed by atoms with van der Waals surface area (Å²) in [7, 11) is 3.43. The average Bonchev–Trinajstić information content (AvgIpc) is 2.33. The van der Waals surface area contributed by atoms with Crippen molar-refractivity contribution in [3.8, 4) is 0 Å². The Bertz CT molecular complexity index is 380. The third-order valence-corrected chi connectivity index (χ3v) is 2.28. The van der Waals surface area contributed by atoms with Crippen molar-refractivity contribution in [1.29, 1.82) is 0 Å². The van der Waals surface area contributed by atoms with E-state index < -0.39 is 0 Å². The number of amides is 1. The minimum atomic E-state index is -0.0805. The zero-order valence-corrected chi connectivity index (χ0v) is 10.5. The van der Waals surface area contributed by atoms with Crippen LogP contribution in [0.25, 0.3) is 0 Å². The molecular weight excluding hydrogens is 218 g/mol. The van der Waals surface area contributed by atoms with Gasteiger partial charge < -0.3 is 15.4 Å². The molecule has 0 radical (unpaired) electrons. The van der Waals surface area contributed by atoms with Gasteiger partial charge in [-0.3, -0.25) is 4.79 Å². The van der Waals surface area contributed by atoms with Crippen LogP contribution in [-0.2, 0) is 4.74 Å². The molecule has 0 aliphatic rings. The fourth-order valence-corrected chi connectivity index (χ4v) is 1.45. The van der Waals surface area contributed by atoms with Gasteiger partial charge in [0.05, 0.1) is 0 Å². The van der Waals surface area contributed by atoms with E-state index in [0.717, 1.165) is 12.1 Å². The number of nitrogens with zero attached hydrogens (tertiary/aromatic N) is 1. The number of pyridine rings is 1. The Morgan fingerprint density at radius 1 is 1.47 bits per heavy atom. The van der Waals surface area contributed by atoms with Crippen LogP contribution in [0, 0.1) is 6.92 Å². The van der Waals surface area contributed by atoms with Gasteiger partial charge in [0.2, 0.25) is 0 Å². The normalized spacial score (nSPS) is 10.1. The van der Waals surface area contributed by atoms with Crippen LogP contribution >= 0.6 is 0 Å². The standard InChI is InChI=1S/C12H19N3O2/c1-9-7-10(8-11(13-2)15-9)12(16)14-5-4-6-17-3/h7-8H,4-6H2,1-3H3,(H,13,15)(H,14,16). The molecule has 1 aromatic rings. The Balaban J connectivity index is 2.59. The number of aromatic nitrogens is 1. The summed E-state index contributed by atoms with van der Waals surface area (Å²) in [6.07, 6.45) is 0.811. The Kier molecular flexibility index (Phi) is 5.42. The van der Waals surface area contributed by atoms with Crippen molar-refractivity contribution in [1.82, 2.24) is 10.3 Å². The molecule has 1 heterocycles. The van der Waals surface area contributed by atoms with Crippen molar-refractivity contribution in [2.45, 2.75) is 13.3 Å². The number of nitrogens with one attached hydrogen (secondary N) is 2. The molecule has 5 nitrogen and oxygen atoms in total. The predicted octanol–water partition coefficient (Wildman–Crippen LogP) is 1.20. The summed E-state index contributed by atoms with van der Waals surface area (Å²) in [4.78, 5) is 16.1. The van der Waals surface area contributed by atoms with Crippen molar-refractivity contribution in [2.75, 3.05) is 32.6 Å². The van der Waals surface area contributed by atoms with Gasteiger partial charge in [-0.1, -0.05) is 0 Å². The Hall–Kier alpha value is -1.62. The van der Waals surface area contributed by atoms with Crippen LogP contribution in [0.4, 0.5) is 5.82 Å². The van der Waals surface area contributed by atoms with Crippen molar-refractivity contribution in [3.05, 3.63) is 23.4 Å². The lowest BCUT2D eigenvalue weighted by molar-refractivity contribution is 0.0948. The highest BCUT2D eigenvalue weighted by Crippen LogP contribution is 2.09. The SMILES string of the molecule is CNc1cc(C(=O)NCCCOC)cc(C)n1. The third-order valence-electron chi connectivity index (χ3n) is 2.28. The molecule has 0 fully saturated rings. The van der Waals surface area contributed by atoms with Gasteiger partial charge in [0, 0.05) is 38.6 Å². The molecule has 17 heavy (non-hydrogen) atoms. The Morgan fingerprint density at radius 2 is 2.24 bits per heavy atom. The molecule has 0 saturated heterocycles. The van der Waals surface area contributed by atoms with E-state index in [0.29, 0.717) is 24.5 Å². The molecule has 0 bridgehead atoms. The molecule has 0 aliphatic heterocycles. The lowest BCUT2D eigenvalue weighted by Crippen LogP contribution is -2.25. The van der Waals surface area contributed by atoms with Crippen molar-refractivity contribution in [2.24, 2.45) is 0 Å². The number of rotatable bonds is 6. The molecule has 5 heteroatoms. The molecule has 0 aliphatic carbocycles. The molecule has 0 saturated carbocycles. The minimum absolute atomic E-state index is 0.0805. The highest BCUT2D eigenvalue weighted by atomic mass is 16.5. The second-order valence-corrected chi connectivity index (χ2v) is 3.73. The van der Waals surface area contributed by atoms with Gasteiger partial charge >= 0.3 is 0 Å². The lowest BCUT2D eigenvalue weighted by Gasteiger charge is -2.07. The van der Waals surface area contributed by atoms with Crippen molar-refractivity contribution < 1.29 is 9.53 Å². The van der Waals surface area contributed by atoms with Crippen LogP contribution in [-0.4, -0.2) is 38.2 Å². The quantitative estimate of drug-likeness (QED) is 0.730. The number of hydrogen-bond donors (Lipinski definition) is 2. The first-order valence-electron chi connectivity index (χ1n) is 5.61. The van der Waals surface area contributed by atoms with E-state index in [1.807, 2.05) is 6.92 Å². The van der Waals surface area contributed by atoms with Crippen molar-refractivity contribution in [3.63, 3.8) is 0 Å². The maximum atomic E-state index is 11.8. The Labute approximate surface area is 102 Å². The average molecular weight is 237 g/mol. The van der Waals surface area contributed by atoms with E-state index >= 15 is 0 Å². The van der Waals surface area contributed by atoms with E-state index in [-0.39, 0.29) is 5.91 Å². The smallest absolute Gasteiger partial charge is 0.251 e. The second-order valence-electron chi connectivity index (χ2n) is 3.73. The maximum absolute atomic E-state index is 11.8. The van der Waals surface area contributed by atoms with E-state index in [1.54, 1.807) is 26.3 Å². The molecule has 0 aromatic carbocycles. The second kappa shape index (κ2) is 6.85. The van der Waals surface area contributed by atoms with Crippen LogP contribution in [0.3, 0.4) is 0 Å². The third kappa shape index (κ3) is 4.40. The number of anilines is 1. The topological polar surface area (TPSA) is 63.2 Å². The van der Waals surface area contributed by atoms with Gasteiger partial charge in [0.25, 0.3) is 5.91 Å². The number of aryl methyl sites for hydroxylation is 1. The molecule has 2 N–H and O–H groups in total. The van der Waals surface area contributed by atoms with Gasteiger partial charge in [-0.25, -0.2) is 4.98 Å². The van der Waals surface area contributed by atoms with Crippen LogP contribution in [0.15, 0.2) is 12.1 Å². The van der Waals surface area contributed by atoms with Crippen LogP contribution in [0.5, 0.6) is 0 Å². The first-order valence-corrected chi connectivity index (χ1v) is 5.61. The number of carbonyl (C=O) groups is 1. The number of ether oxygens (including phenoxy) is 1. The first kappa shape index (κ1) is 13.4. The van der Waals surface area contributed by atoms with E-state index in [9.17, 15) is 4.79 Å². The van der Waals surface area contributed by atoms with E-state index in [1.165, 1.54) is 0 Å². The maximum Gasteiger partial charge on any atom is 0.251 e. The summed E-state index contributed by atoms with van der Waals surface area (Å²) in [5.74, 6) is 0.621.